The second-order valence-electron chi connectivity index (χ2n) is 4.30. The van der Waals surface area contributed by atoms with Crippen molar-refractivity contribution in [3.05, 3.63) is 0 Å². The second kappa shape index (κ2) is 2.75. The molecule has 0 spiro atoms. The highest BCUT2D eigenvalue weighted by Gasteiger charge is 2.43. The van der Waals surface area contributed by atoms with Crippen molar-refractivity contribution in [3.8, 4) is 0 Å². The first-order chi connectivity index (χ1) is 5.70. The van der Waals surface area contributed by atoms with Gasteiger partial charge in [0, 0.05) is 0 Å². The normalized spacial score (nSPS) is 47.0. The molecule has 0 aromatic rings. The van der Waals surface area contributed by atoms with Gasteiger partial charge in [-0.1, -0.05) is 20.3 Å². The minimum absolute atomic E-state index is 0.0188. The van der Waals surface area contributed by atoms with E-state index in [1.807, 2.05) is 6.92 Å². The van der Waals surface area contributed by atoms with Gasteiger partial charge in [0.2, 0.25) is 0 Å². The van der Waals surface area contributed by atoms with Gasteiger partial charge in [-0.25, -0.2) is 0 Å². The summed E-state index contributed by atoms with van der Waals surface area (Å²) < 4.78 is 5.14. The molecule has 2 aliphatic rings. The first-order valence-corrected chi connectivity index (χ1v) is 4.87. The number of carbonyl (C=O) groups is 1. The maximum atomic E-state index is 11.2. The van der Waals surface area contributed by atoms with Crippen molar-refractivity contribution < 1.29 is 9.53 Å². The standard InChI is InChI=1S/C10H16O2/c1-6-3-4-8-7(2)10(11)12-5-9(6)8/h6-9H,3-5H2,1-2H3/t6-,7+,8+,9-/m0/s1. The van der Waals surface area contributed by atoms with Crippen LogP contribution >= 0.6 is 0 Å². The van der Waals surface area contributed by atoms with Crippen molar-refractivity contribution in [2.75, 3.05) is 6.61 Å². The van der Waals surface area contributed by atoms with Crippen LogP contribution in [0.25, 0.3) is 0 Å². The minimum atomic E-state index is 0.0188. The molecule has 4 atom stereocenters. The third kappa shape index (κ3) is 1.05. The van der Waals surface area contributed by atoms with Crippen LogP contribution < -0.4 is 0 Å². The lowest BCUT2D eigenvalue weighted by Crippen LogP contribution is -2.36. The average molecular weight is 168 g/mol. The molecular weight excluding hydrogens is 152 g/mol. The summed E-state index contributed by atoms with van der Waals surface area (Å²) in [5, 5.41) is 0. The summed E-state index contributed by atoms with van der Waals surface area (Å²) in [7, 11) is 0. The van der Waals surface area contributed by atoms with E-state index in [0.717, 1.165) is 5.92 Å². The Kier molecular flexibility index (Phi) is 1.85. The highest BCUT2D eigenvalue weighted by atomic mass is 16.5. The molecule has 2 fully saturated rings. The Balaban J connectivity index is 2.14. The SMILES string of the molecule is C[C@H]1CC[C@H]2[C@H]1COC(=O)[C@@H]2C. The second-order valence-corrected chi connectivity index (χ2v) is 4.30. The van der Waals surface area contributed by atoms with Gasteiger partial charge in [-0.2, -0.15) is 0 Å². The Labute approximate surface area is 73.3 Å². The Hall–Kier alpha value is -0.530. The Morgan fingerprint density at radius 1 is 1.25 bits per heavy atom. The van der Waals surface area contributed by atoms with Gasteiger partial charge < -0.3 is 4.74 Å². The van der Waals surface area contributed by atoms with Crippen LogP contribution in [0.4, 0.5) is 0 Å². The van der Waals surface area contributed by atoms with Gasteiger partial charge in [0.25, 0.3) is 0 Å². The number of fused-ring (bicyclic) bond motifs is 1. The zero-order valence-corrected chi connectivity index (χ0v) is 7.75. The van der Waals surface area contributed by atoms with Crippen LogP contribution in [0.2, 0.25) is 0 Å². The number of rotatable bonds is 0. The van der Waals surface area contributed by atoms with Gasteiger partial charge in [-0.05, 0) is 24.2 Å². The van der Waals surface area contributed by atoms with Crippen molar-refractivity contribution in [2.45, 2.75) is 26.7 Å². The quantitative estimate of drug-likeness (QED) is 0.516. The summed E-state index contributed by atoms with van der Waals surface area (Å²) in [6, 6.07) is 0. The predicted octanol–water partition coefficient (Wildman–Crippen LogP) is 1.84. The first-order valence-electron chi connectivity index (χ1n) is 4.87. The Morgan fingerprint density at radius 2 is 2.00 bits per heavy atom. The summed E-state index contributed by atoms with van der Waals surface area (Å²) in [5.74, 6) is 2.18. The smallest absolute Gasteiger partial charge is 0.308 e. The van der Waals surface area contributed by atoms with Gasteiger partial charge >= 0.3 is 5.97 Å². The van der Waals surface area contributed by atoms with E-state index in [9.17, 15) is 4.79 Å². The largest absolute Gasteiger partial charge is 0.465 e. The molecule has 2 rings (SSSR count). The third-order valence-corrected chi connectivity index (χ3v) is 3.67. The fourth-order valence-corrected chi connectivity index (χ4v) is 2.70. The van der Waals surface area contributed by atoms with Gasteiger partial charge in [0.15, 0.2) is 0 Å². The molecule has 1 saturated heterocycles. The highest BCUT2D eigenvalue weighted by molar-refractivity contribution is 5.73. The summed E-state index contributed by atoms with van der Waals surface area (Å²) in [6.45, 7) is 4.96. The molecular formula is C10H16O2. The molecule has 0 radical (unpaired) electrons. The maximum absolute atomic E-state index is 11.2. The van der Waals surface area contributed by atoms with Crippen molar-refractivity contribution >= 4 is 5.97 Å². The van der Waals surface area contributed by atoms with Crippen LogP contribution in [-0.4, -0.2) is 12.6 Å². The van der Waals surface area contributed by atoms with Gasteiger partial charge in [-0.3, -0.25) is 4.79 Å². The molecule has 0 aromatic heterocycles. The molecule has 2 heteroatoms. The van der Waals surface area contributed by atoms with E-state index in [2.05, 4.69) is 6.92 Å². The van der Waals surface area contributed by atoms with E-state index in [1.54, 1.807) is 0 Å². The molecule has 2 nitrogen and oxygen atoms in total. The molecule has 0 aromatic carbocycles. The lowest BCUT2D eigenvalue weighted by molar-refractivity contribution is -0.159. The molecule has 0 bridgehead atoms. The molecule has 0 unspecified atom stereocenters. The fourth-order valence-electron chi connectivity index (χ4n) is 2.70. The molecule has 1 aliphatic heterocycles. The van der Waals surface area contributed by atoms with Gasteiger partial charge in [-0.15, -0.1) is 0 Å². The zero-order valence-electron chi connectivity index (χ0n) is 7.75. The first kappa shape index (κ1) is 8.09. The summed E-state index contributed by atoms with van der Waals surface area (Å²) in [4.78, 5) is 11.2. The average Bonchev–Trinajstić information content (AvgIpc) is 2.41. The number of cyclic esters (lactones) is 1. The van der Waals surface area contributed by atoms with E-state index < -0.39 is 0 Å². The Morgan fingerprint density at radius 3 is 2.75 bits per heavy atom. The minimum Gasteiger partial charge on any atom is -0.465 e. The van der Waals surface area contributed by atoms with Crippen molar-refractivity contribution in [1.82, 2.24) is 0 Å². The topological polar surface area (TPSA) is 26.3 Å². The number of hydrogen-bond donors (Lipinski definition) is 0. The number of ether oxygens (including phenoxy) is 1. The fraction of sp³-hybridized carbons (Fsp3) is 0.900. The van der Waals surface area contributed by atoms with Crippen LogP contribution in [0.15, 0.2) is 0 Å². The molecule has 1 saturated carbocycles. The maximum Gasteiger partial charge on any atom is 0.308 e. The van der Waals surface area contributed by atoms with Crippen LogP contribution in [0.3, 0.4) is 0 Å². The summed E-state index contributed by atoms with van der Waals surface area (Å²) in [6.07, 6.45) is 2.50. The molecule has 1 aliphatic carbocycles. The molecule has 1 heterocycles. The lowest BCUT2D eigenvalue weighted by atomic mass is 9.81. The molecule has 68 valence electrons. The van der Waals surface area contributed by atoms with Gasteiger partial charge in [0.05, 0.1) is 12.5 Å². The number of carbonyl (C=O) groups excluding carboxylic acids is 1. The zero-order chi connectivity index (χ0) is 8.72. The Bertz CT molecular complexity index is 200. The lowest BCUT2D eigenvalue weighted by Gasteiger charge is -2.31. The van der Waals surface area contributed by atoms with Crippen LogP contribution in [0.5, 0.6) is 0 Å². The van der Waals surface area contributed by atoms with Crippen LogP contribution in [-0.2, 0) is 9.53 Å². The van der Waals surface area contributed by atoms with E-state index in [4.69, 9.17) is 4.74 Å². The van der Waals surface area contributed by atoms with Gasteiger partial charge in [0.1, 0.15) is 0 Å². The molecule has 0 N–H and O–H groups in total. The van der Waals surface area contributed by atoms with E-state index >= 15 is 0 Å². The van der Waals surface area contributed by atoms with Crippen molar-refractivity contribution in [3.63, 3.8) is 0 Å². The van der Waals surface area contributed by atoms with E-state index in [-0.39, 0.29) is 11.9 Å². The highest BCUT2D eigenvalue weighted by Crippen LogP contribution is 2.43. The van der Waals surface area contributed by atoms with E-state index in [1.165, 1.54) is 12.8 Å². The van der Waals surface area contributed by atoms with Crippen molar-refractivity contribution in [2.24, 2.45) is 23.7 Å². The number of esters is 1. The van der Waals surface area contributed by atoms with Crippen LogP contribution in [0.1, 0.15) is 26.7 Å². The predicted molar refractivity (Wildman–Crippen MR) is 45.5 cm³/mol. The third-order valence-electron chi connectivity index (χ3n) is 3.67. The summed E-state index contributed by atoms with van der Waals surface area (Å²) in [5.41, 5.74) is 0. The monoisotopic (exact) mass is 168 g/mol. The number of hydrogen-bond acceptors (Lipinski definition) is 2. The summed E-state index contributed by atoms with van der Waals surface area (Å²) >= 11 is 0. The van der Waals surface area contributed by atoms with Crippen LogP contribution in [0, 0.1) is 23.7 Å². The molecule has 12 heavy (non-hydrogen) atoms. The van der Waals surface area contributed by atoms with E-state index in [0.29, 0.717) is 18.4 Å². The van der Waals surface area contributed by atoms with Crippen molar-refractivity contribution in [1.29, 1.82) is 0 Å². The molecule has 0 amide bonds.